The second kappa shape index (κ2) is 6.57. The Balaban J connectivity index is 2.06. The van der Waals surface area contributed by atoms with Gasteiger partial charge >= 0.3 is 0 Å². The molecule has 1 N–H and O–H groups in total. The first-order chi connectivity index (χ1) is 11.5. The summed E-state index contributed by atoms with van der Waals surface area (Å²) >= 11 is 1.49. The average molecular weight is 342 g/mol. The Morgan fingerprint density at radius 1 is 1.42 bits per heavy atom. The second-order valence-electron chi connectivity index (χ2n) is 5.70. The number of amides is 1. The van der Waals surface area contributed by atoms with E-state index in [-0.39, 0.29) is 17.8 Å². The number of aliphatic hydroxyl groups excluding tert-OH is 1. The van der Waals surface area contributed by atoms with E-state index in [9.17, 15) is 14.7 Å². The number of carbonyl (C=O) groups is 2. The number of aromatic nitrogens is 1. The molecule has 5 nitrogen and oxygen atoms in total. The number of nitrogens with zero attached hydrogens (tertiary/aromatic N) is 2. The molecule has 0 spiro atoms. The monoisotopic (exact) mass is 342 g/mol. The van der Waals surface area contributed by atoms with E-state index in [1.165, 1.54) is 11.3 Å². The summed E-state index contributed by atoms with van der Waals surface area (Å²) in [6.45, 7) is 3.97. The minimum absolute atomic E-state index is 0.202. The lowest BCUT2D eigenvalue weighted by atomic mass is 9.98. The van der Waals surface area contributed by atoms with E-state index in [0.717, 1.165) is 16.0 Å². The van der Waals surface area contributed by atoms with Crippen molar-refractivity contribution >= 4 is 23.0 Å². The zero-order valence-corrected chi connectivity index (χ0v) is 14.3. The van der Waals surface area contributed by atoms with Crippen LogP contribution >= 0.6 is 11.3 Å². The number of hydrogen-bond acceptors (Lipinski definition) is 5. The van der Waals surface area contributed by atoms with Crippen LogP contribution < -0.4 is 0 Å². The van der Waals surface area contributed by atoms with Gasteiger partial charge in [0.05, 0.1) is 11.6 Å². The van der Waals surface area contributed by atoms with Gasteiger partial charge in [0.15, 0.2) is 11.5 Å². The van der Waals surface area contributed by atoms with Crippen molar-refractivity contribution < 1.29 is 14.7 Å². The average Bonchev–Trinajstić information content (AvgIpc) is 3.11. The Hall–Kier alpha value is -2.47. The summed E-state index contributed by atoms with van der Waals surface area (Å²) in [7, 11) is 0. The fourth-order valence-electron chi connectivity index (χ4n) is 2.92. The van der Waals surface area contributed by atoms with Gasteiger partial charge in [0, 0.05) is 30.2 Å². The maximum Gasteiger partial charge on any atom is 0.290 e. The third-order valence-corrected chi connectivity index (χ3v) is 5.22. The number of aliphatic hydroxyl groups is 1. The maximum atomic E-state index is 12.6. The van der Waals surface area contributed by atoms with E-state index in [0.29, 0.717) is 6.54 Å². The number of hydrogen-bond donors (Lipinski definition) is 1. The molecule has 0 aliphatic carbocycles. The minimum Gasteiger partial charge on any atom is -0.503 e. The molecular weight excluding hydrogens is 324 g/mol. The number of rotatable bonds is 5. The molecule has 3 rings (SSSR count). The number of ketones is 1. The number of carbonyl (C=O) groups excluding carboxylic acids is 2. The van der Waals surface area contributed by atoms with Crippen LogP contribution in [0.4, 0.5) is 0 Å². The van der Waals surface area contributed by atoms with Gasteiger partial charge in [0.25, 0.3) is 5.91 Å². The maximum absolute atomic E-state index is 12.6. The van der Waals surface area contributed by atoms with Crippen LogP contribution in [0.5, 0.6) is 0 Å². The Morgan fingerprint density at radius 2 is 2.21 bits per heavy atom. The first-order valence-corrected chi connectivity index (χ1v) is 8.62. The third-order valence-electron chi connectivity index (χ3n) is 4.15. The minimum atomic E-state index is -0.537. The predicted molar refractivity (Wildman–Crippen MR) is 91.5 cm³/mol. The zero-order chi connectivity index (χ0) is 17.3. The number of Topliss-reactive ketones (excluding diaryl/α,β-unsaturated/α-hetero) is 1. The fraction of sp³-hybridized carbons (Fsp3) is 0.278. The van der Waals surface area contributed by atoms with Gasteiger partial charge in [-0.2, -0.15) is 0 Å². The predicted octanol–water partition coefficient (Wildman–Crippen LogP) is 3.33. The second-order valence-corrected chi connectivity index (χ2v) is 6.65. The van der Waals surface area contributed by atoms with Crippen molar-refractivity contribution in [2.75, 3.05) is 0 Å². The highest BCUT2D eigenvalue weighted by Gasteiger charge is 2.43. The Kier molecular flexibility index (Phi) is 4.49. The first kappa shape index (κ1) is 16.4. The van der Waals surface area contributed by atoms with E-state index < -0.39 is 17.7 Å². The van der Waals surface area contributed by atoms with Crippen LogP contribution in [0.1, 0.15) is 35.4 Å². The lowest BCUT2D eigenvalue weighted by Gasteiger charge is -2.26. The highest BCUT2D eigenvalue weighted by Crippen LogP contribution is 2.42. The molecule has 1 unspecified atom stereocenters. The molecule has 0 radical (unpaired) electrons. The standard InChI is InChI=1S/C18H18N2O3S/c1-3-13(21)14-15(17-11(2)6-8-24-17)20(18(23)16(14)22)10-12-5-4-7-19-9-12/h4-9,15,22H,3,10H2,1-2H3. The number of pyridine rings is 1. The van der Waals surface area contributed by atoms with Crippen molar-refractivity contribution in [3.63, 3.8) is 0 Å². The van der Waals surface area contributed by atoms with Crippen LogP contribution in [0, 0.1) is 6.92 Å². The van der Waals surface area contributed by atoms with Gasteiger partial charge in [-0.05, 0) is 35.6 Å². The molecule has 2 aromatic heterocycles. The molecule has 0 bridgehead atoms. The van der Waals surface area contributed by atoms with Crippen molar-refractivity contribution in [3.05, 3.63) is 63.3 Å². The zero-order valence-electron chi connectivity index (χ0n) is 13.5. The van der Waals surface area contributed by atoms with Gasteiger partial charge in [0.2, 0.25) is 0 Å². The van der Waals surface area contributed by atoms with Crippen LogP contribution in [0.25, 0.3) is 0 Å². The summed E-state index contributed by atoms with van der Waals surface area (Å²) < 4.78 is 0. The molecule has 2 aromatic rings. The topological polar surface area (TPSA) is 70.5 Å². The van der Waals surface area contributed by atoms with E-state index >= 15 is 0 Å². The molecule has 1 aliphatic heterocycles. The van der Waals surface area contributed by atoms with Crippen LogP contribution in [-0.2, 0) is 16.1 Å². The summed E-state index contributed by atoms with van der Waals surface area (Å²) in [6.07, 6.45) is 3.59. The number of aryl methyl sites for hydroxylation is 1. The molecule has 0 saturated carbocycles. The molecule has 24 heavy (non-hydrogen) atoms. The fourth-order valence-corrected chi connectivity index (χ4v) is 3.96. The van der Waals surface area contributed by atoms with Crippen molar-refractivity contribution in [1.29, 1.82) is 0 Å². The highest BCUT2D eigenvalue weighted by atomic mass is 32.1. The molecule has 0 aromatic carbocycles. The molecule has 3 heterocycles. The Morgan fingerprint density at radius 3 is 2.79 bits per heavy atom. The summed E-state index contributed by atoms with van der Waals surface area (Å²) in [5.74, 6) is -1.13. The van der Waals surface area contributed by atoms with Crippen LogP contribution in [0.3, 0.4) is 0 Å². The van der Waals surface area contributed by atoms with Gasteiger partial charge in [-0.25, -0.2) is 0 Å². The lowest BCUT2D eigenvalue weighted by molar-refractivity contribution is -0.130. The first-order valence-electron chi connectivity index (χ1n) is 7.74. The van der Waals surface area contributed by atoms with Crippen molar-refractivity contribution in [2.24, 2.45) is 0 Å². The molecule has 6 heteroatoms. The highest BCUT2D eigenvalue weighted by molar-refractivity contribution is 7.10. The van der Waals surface area contributed by atoms with E-state index in [1.54, 1.807) is 30.3 Å². The number of thiophene rings is 1. The quantitative estimate of drug-likeness (QED) is 0.905. The largest absolute Gasteiger partial charge is 0.503 e. The van der Waals surface area contributed by atoms with Gasteiger partial charge in [-0.1, -0.05) is 13.0 Å². The van der Waals surface area contributed by atoms with Crippen molar-refractivity contribution in [3.8, 4) is 0 Å². The van der Waals surface area contributed by atoms with Gasteiger partial charge in [-0.15, -0.1) is 11.3 Å². The van der Waals surface area contributed by atoms with Crippen LogP contribution in [0.2, 0.25) is 0 Å². The smallest absolute Gasteiger partial charge is 0.290 e. The molecule has 1 aliphatic rings. The molecule has 1 amide bonds. The summed E-state index contributed by atoms with van der Waals surface area (Å²) in [6, 6.07) is 5.09. The summed E-state index contributed by atoms with van der Waals surface area (Å²) in [5, 5.41) is 12.3. The molecule has 0 saturated heterocycles. The normalized spacial score (nSPS) is 17.7. The van der Waals surface area contributed by atoms with E-state index in [4.69, 9.17) is 0 Å². The molecule has 0 fully saturated rings. The molecule has 1 atom stereocenters. The molecule has 124 valence electrons. The summed E-state index contributed by atoms with van der Waals surface area (Å²) in [5.41, 5.74) is 2.06. The Labute approximate surface area is 144 Å². The van der Waals surface area contributed by atoms with Crippen molar-refractivity contribution in [1.82, 2.24) is 9.88 Å². The Bertz CT molecular complexity index is 811. The van der Waals surface area contributed by atoms with Crippen molar-refractivity contribution in [2.45, 2.75) is 32.9 Å². The van der Waals surface area contributed by atoms with Crippen LogP contribution in [-0.4, -0.2) is 26.7 Å². The third kappa shape index (κ3) is 2.73. The SMILES string of the molecule is CCC(=O)C1=C(O)C(=O)N(Cc2cccnc2)C1c1sccc1C. The summed E-state index contributed by atoms with van der Waals surface area (Å²) in [4.78, 5) is 31.5. The van der Waals surface area contributed by atoms with E-state index in [1.807, 2.05) is 24.4 Å². The van der Waals surface area contributed by atoms with Crippen LogP contribution in [0.15, 0.2) is 47.3 Å². The van der Waals surface area contributed by atoms with Gasteiger partial charge < -0.3 is 10.0 Å². The molecular formula is C18H18N2O3S. The van der Waals surface area contributed by atoms with Gasteiger partial charge in [0.1, 0.15) is 0 Å². The van der Waals surface area contributed by atoms with Gasteiger partial charge in [-0.3, -0.25) is 14.6 Å². The lowest BCUT2D eigenvalue weighted by Crippen LogP contribution is -2.30. The van der Waals surface area contributed by atoms with E-state index in [2.05, 4.69) is 4.98 Å².